The van der Waals surface area contributed by atoms with Gasteiger partial charge in [-0.2, -0.15) is 0 Å². The number of benzene rings is 1. The summed E-state index contributed by atoms with van der Waals surface area (Å²) in [4.78, 5) is 15.6. The third kappa shape index (κ3) is 2.19. The molecule has 1 atom stereocenters. The Hall–Kier alpha value is -1.61. The maximum atomic E-state index is 13.1. The van der Waals surface area contributed by atoms with Crippen LogP contribution in [0.15, 0.2) is 24.3 Å². The van der Waals surface area contributed by atoms with Crippen LogP contribution in [0.5, 0.6) is 0 Å². The molecule has 0 amide bonds. The fourth-order valence-electron chi connectivity index (χ4n) is 4.29. The molecule has 1 aliphatic carbocycles. The molecule has 2 aliphatic rings. The fraction of sp³-hybridized carbons (Fsp3) is 0.526. The smallest absolute Gasteiger partial charge is 0.169 e. The molecule has 3 nitrogen and oxygen atoms in total. The van der Waals surface area contributed by atoms with E-state index < -0.39 is 0 Å². The highest BCUT2D eigenvalue weighted by atomic mass is 16.1. The van der Waals surface area contributed by atoms with Crippen LogP contribution >= 0.6 is 0 Å². The minimum Gasteiger partial charge on any atom is -0.347 e. The molecule has 22 heavy (non-hydrogen) atoms. The van der Waals surface area contributed by atoms with E-state index in [1.54, 1.807) is 0 Å². The second-order valence-corrected chi connectivity index (χ2v) is 6.86. The first-order valence-corrected chi connectivity index (χ1v) is 8.58. The topological polar surface area (TPSA) is 25.2 Å². The van der Waals surface area contributed by atoms with Crippen LogP contribution < -0.4 is 0 Å². The van der Waals surface area contributed by atoms with Gasteiger partial charge in [0.2, 0.25) is 0 Å². The molecular weight excluding hydrogens is 272 g/mol. The number of carbonyl (C=O) groups excluding carboxylic acids is 1. The van der Waals surface area contributed by atoms with E-state index in [1.807, 2.05) is 6.07 Å². The van der Waals surface area contributed by atoms with Gasteiger partial charge in [-0.1, -0.05) is 24.6 Å². The van der Waals surface area contributed by atoms with Gasteiger partial charge < -0.3 is 9.47 Å². The predicted octanol–water partition coefficient (Wildman–Crippen LogP) is 3.41. The zero-order chi connectivity index (χ0) is 15.1. The zero-order valence-electron chi connectivity index (χ0n) is 13.3. The Morgan fingerprint density at radius 3 is 2.73 bits per heavy atom. The molecular formula is C19H24N2O. The summed E-state index contributed by atoms with van der Waals surface area (Å²) < 4.78 is 2.22. The number of piperidine rings is 1. The summed E-state index contributed by atoms with van der Waals surface area (Å²) in [5, 5.41) is 1.15. The Morgan fingerprint density at radius 2 is 1.91 bits per heavy atom. The predicted molar refractivity (Wildman–Crippen MR) is 89.4 cm³/mol. The summed E-state index contributed by atoms with van der Waals surface area (Å²) in [6, 6.07) is 8.34. The number of fused-ring (bicyclic) bond motifs is 3. The van der Waals surface area contributed by atoms with Gasteiger partial charge >= 0.3 is 0 Å². The molecule has 1 aromatic heterocycles. The third-order valence-electron chi connectivity index (χ3n) is 5.50. The molecule has 116 valence electrons. The number of aryl methyl sites for hydroxylation is 1. The maximum absolute atomic E-state index is 13.1. The second-order valence-electron chi connectivity index (χ2n) is 6.86. The van der Waals surface area contributed by atoms with Crippen LogP contribution in [-0.2, 0) is 13.5 Å². The number of aromatic nitrogens is 1. The van der Waals surface area contributed by atoms with Gasteiger partial charge in [-0.15, -0.1) is 0 Å². The Morgan fingerprint density at radius 1 is 1.14 bits per heavy atom. The quantitative estimate of drug-likeness (QED) is 0.848. The van der Waals surface area contributed by atoms with E-state index in [9.17, 15) is 4.79 Å². The van der Waals surface area contributed by atoms with Crippen molar-refractivity contribution in [2.75, 3.05) is 19.6 Å². The number of para-hydroxylation sites is 1. The number of likely N-dealkylation sites (tertiary alicyclic amines) is 1. The third-order valence-corrected chi connectivity index (χ3v) is 5.50. The van der Waals surface area contributed by atoms with Crippen molar-refractivity contribution in [2.24, 2.45) is 13.0 Å². The molecule has 2 aromatic rings. The molecule has 0 bridgehead atoms. The van der Waals surface area contributed by atoms with Crippen molar-refractivity contribution in [1.29, 1.82) is 0 Å². The van der Waals surface area contributed by atoms with E-state index >= 15 is 0 Å². The molecule has 1 saturated heterocycles. The number of nitrogens with zero attached hydrogens (tertiary/aromatic N) is 2. The molecule has 0 N–H and O–H groups in total. The van der Waals surface area contributed by atoms with Crippen molar-refractivity contribution in [3.8, 4) is 0 Å². The van der Waals surface area contributed by atoms with Crippen LogP contribution in [0.25, 0.3) is 10.9 Å². The van der Waals surface area contributed by atoms with Crippen LogP contribution in [0.4, 0.5) is 0 Å². The van der Waals surface area contributed by atoms with E-state index in [0.717, 1.165) is 30.3 Å². The maximum Gasteiger partial charge on any atom is 0.169 e. The number of hydrogen-bond donors (Lipinski definition) is 0. The Labute approximate surface area is 131 Å². The molecule has 3 heteroatoms. The largest absolute Gasteiger partial charge is 0.347 e. The summed E-state index contributed by atoms with van der Waals surface area (Å²) in [6.07, 6.45) is 5.97. The fourth-order valence-corrected chi connectivity index (χ4v) is 4.29. The summed E-state index contributed by atoms with van der Waals surface area (Å²) in [5.74, 6) is 0.569. The summed E-state index contributed by atoms with van der Waals surface area (Å²) in [5.41, 5.74) is 3.44. The lowest BCUT2D eigenvalue weighted by molar-refractivity contribution is 0.0846. The van der Waals surface area contributed by atoms with Crippen molar-refractivity contribution < 1.29 is 4.79 Å². The molecule has 4 rings (SSSR count). The van der Waals surface area contributed by atoms with Gasteiger partial charge in [0.25, 0.3) is 0 Å². The van der Waals surface area contributed by atoms with Crippen LogP contribution in [0, 0.1) is 5.92 Å². The second kappa shape index (κ2) is 5.54. The van der Waals surface area contributed by atoms with Gasteiger partial charge in [0.15, 0.2) is 5.78 Å². The average molecular weight is 296 g/mol. The molecule has 1 aromatic carbocycles. The van der Waals surface area contributed by atoms with Gasteiger partial charge in [0.1, 0.15) is 0 Å². The van der Waals surface area contributed by atoms with E-state index in [1.165, 1.54) is 43.6 Å². The van der Waals surface area contributed by atoms with Crippen LogP contribution in [0.2, 0.25) is 0 Å². The first kappa shape index (κ1) is 14.0. The summed E-state index contributed by atoms with van der Waals surface area (Å²) in [7, 11) is 2.10. The highest BCUT2D eigenvalue weighted by Gasteiger charge is 2.33. The molecule has 0 unspecified atom stereocenters. The minimum atomic E-state index is 0.191. The number of Topliss-reactive ketones (excluding diaryl/α,β-unsaturated/α-hetero) is 1. The van der Waals surface area contributed by atoms with Crippen LogP contribution in [0.3, 0.4) is 0 Å². The monoisotopic (exact) mass is 296 g/mol. The average Bonchev–Trinajstić information content (AvgIpc) is 2.85. The number of ketones is 1. The van der Waals surface area contributed by atoms with Crippen molar-refractivity contribution >= 4 is 16.7 Å². The highest BCUT2D eigenvalue weighted by Crippen LogP contribution is 2.34. The molecule has 0 saturated carbocycles. The highest BCUT2D eigenvalue weighted by molar-refractivity contribution is 6.11. The molecule has 0 radical (unpaired) electrons. The van der Waals surface area contributed by atoms with Crippen molar-refractivity contribution in [1.82, 2.24) is 9.47 Å². The number of hydrogen-bond acceptors (Lipinski definition) is 2. The zero-order valence-corrected chi connectivity index (χ0v) is 13.3. The normalized spacial score (nSPS) is 23.0. The lowest BCUT2D eigenvalue weighted by Crippen LogP contribution is -2.38. The van der Waals surface area contributed by atoms with E-state index in [2.05, 4.69) is 34.7 Å². The number of carbonyl (C=O) groups is 1. The molecule has 0 spiro atoms. The molecule has 2 heterocycles. The SMILES string of the molecule is Cn1c2c(c3ccccc31)C(=O)[C@@H](CN1CCCCC1)CC2. The van der Waals surface area contributed by atoms with Crippen LogP contribution in [-0.4, -0.2) is 34.9 Å². The van der Waals surface area contributed by atoms with Gasteiger partial charge in [0.05, 0.1) is 0 Å². The standard InChI is InChI=1S/C19H24N2O/c1-20-16-8-4-3-7-15(16)18-17(20)10-9-14(19(18)22)13-21-11-5-2-6-12-21/h3-4,7-8,14H,2,5-6,9-13H2,1H3/t14-/m1/s1. The van der Waals surface area contributed by atoms with Crippen molar-refractivity contribution in [3.05, 3.63) is 35.5 Å². The first-order valence-electron chi connectivity index (χ1n) is 8.58. The molecule has 1 fully saturated rings. The van der Waals surface area contributed by atoms with Crippen molar-refractivity contribution in [3.63, 3.8) is 0 Å². The van der Waals surface area contributed by atoms with E-state index in [4.69, 9.17) is 0 Å². The van der Waals surface area contributed by atoms with Gasteiger partial charge in [0, 0.05) is 41.7 Å². The minimum absolute atomic E-state index is 0.191. The van der Waals surface area contributed by atoms with Crippen LogP contribution in [0.1, 0.15) is 41.7 Å². The lowest BCUT2D eigenvalue weighted by atomic mass is 9.84. The Balaban J connectivity index is 1.66. The Kier molecular flexibility index (Phi) is 3.53. The van der Waals surface area contributed by atoms with E-state index in [0.29, 0.717) is 5.78 Å². The summed E-state index contributed by atoms with van der Waals surface area (Å²) in [6.45, 7) is 3.31. The number of rotatable bonds is 2. The van der Waals surface area contributed by atoms with Gasteiger partial charge in [-0.3, -0.25) is 4.79 Å². The summed E-state index contributed by atoms with van der Waals surface area (Å²) >= 11 is 0. The Bertz CT molecular complexity index is 710. The van der Waals surface area contributed by atoms with Crippen molar-refractivity contribution in [2.45, 2.75) is 32.1 Å². The van der Waals surface area contributed by atoms with E-state index in [-0.39, 0.29) is 5.92 Å². The molecule has 1 aliphatic heterocycles. The van der Waals surface area contributed by atoms with Gasteiger partial charge in [-0.25, -0.2) is 0 Å². The first-order chi connectivity index (χ1) is 10.8. The van der Waals surface area contributed by atoms with Gasteiger partial charge in [-0.05, 0) is 44.8 Å². The lowest BCUT2D eigenvalue weighted by Gasteiger charge is -2.31.